The van der Waals surface area contributed by atoms with E-state index in [1.54, 1.807) is 0 Å². The Labute approximate surface area is 92.3 Å². The van der Waals surface area contributed by atoms with Crippen LogP contribution in [0.2, 0.25) is 0 Å². The van der Waals surface area contributed by atoms with E-state index < -0.39 is 0 Å². The molecule has 0 aromatic carbocycles. The van der Waals surface area contributed by atoms with Crippen molar-refractivity contribution in [3.8, 4) is 0 Å². The van der Waals surface area contributed by atoms with Crippen molar-refractivity contribution in [2.45, 2.75) is 26.8 Å². The number of pyridine rings is 1. The first kappa shape index (κ1) is 12.1. The second-order valence-corrected chi connectivity index (χ2v) is 3.63. The van der Waals surface area contributed by atoms with Crippen LogP contribution in [0.4, 0.5) is 0 Å². The summed E-state index contributed by atoms with van der Waals surface area (Å²) in [5.41, 5.74) is 2.41. The normalized spacial score (nSPS) is 10.5. The Morgan fingerprint density at radius 3 is 2.80 bits per heavy atom. The lowest BCUT2D eigenvalue weighted by Gasteiger charge is -2.06. The van der Waals surface area contributed by atoms with E-state index in [1.165, 1.54) is 12.0 Å². The van der Waals surface area contributed by atoms with E-state index in [1.807, 2.05) is 12.3 Å². The maximum Gasteiger partial charge on any atom is 0.0417 e. The van der Waals surface area contributed by atoms with E-state index >= 15 is 0 Å². The summed E-state index contributed by atoms with van der Waals surface area (Å²) < 4.78 is 0. The molecule has 0 radical (unpaired) electrons. The van der Waals surface area contributed by atoms with E-state index in [9.17, 15) is 0 Å². The van der Waals surface area contributed by atoms with Crippen LogP contribution in [0.3, 0.4) is 0 Å². The van der Waals surface area contributed by atoms with Crippen LogP contribution in [0.1, 0.15) is 24.6 Å². The lowest BCUT2D eigenvalue weighted by atomic mass is 10.2. The van der Waals surface area contributed by atoms with Gasteiger partial charge >= 0.3 is 0 Å². The zero-order chi connectivity index (χ0) is 10.9. The van der Waals surface area contributed by atoms with Crippen molar-refractivity contribution in [1.82, 2.24) is 15.6 Å². The summed E-state index contributed by atoms with van der Waals surface area (Å²) in [6.07, 6.45) is 3.01. The fourth-order valence-electron chi connectivity index (χ4n) is 1.44. The summed E-state index contributed by atoms with van der Waals surface area (Å²) in [5, 5.41) is 6.73. The molecule has 0 saturated heterocycles. The van der Waals surface area contributed by atoms with Crippen molar-refractivity contribution in [3.63, 3.8) is 0 Å². The molecule has 0 bridgehead atoms. The molecule has 1 aromatic rings. The Kier molecular flexibility index (Phi) is 5.97. The molecule has 1 rings (SSSR count). The number of nitrogens with zero attached hydrogens (tertiary/aromatic N) is 1. The summed E-state index contributed by atoms with van der Waals surface area (Å²) >= 11 is 0. The van der Waals surface area contributed by atoms with Gasteiger partial charge in [0.1, 0.15) is 0 Å². The lowest BCUT2D eigenvalue weighted by Crippen LogP contribution is -2.21. The van der Waals surface area contributed by atoms with Crippen LogP contribution in [-0.2, 0) is 6.54 Å². The highest BCUT2D eigenvalue weighted by molar-refractivity contribution is 5.17. The Morgan fingerprint density at radius 2 is 2.07 bits per heavy atom. The van der Waals surface area contributed by atoms with Crippen molar-refractivity contribution in [2.24, 2.45) is 0 Å². The second-order valence-electron chi connectivity index (χ2n) is 3.63. The van der Waals surface area contributed by atoms with Gasteiger partial charge in [0.15, 0.2) is 0 Å². The first-order chi connectivity index (χ1) is 7.34. The van der Waals surface area contributed by atoms with Gasteiger partial charge in [-0.05, 0) is 44.6 Å². The standard InChI is InChI=1S/C12H21N3/c1-3-13-7-5-8-14-10-12-6-4-9-15-11(12)2/h4,6,9,13-14H,3,5,7-8,10H2,1-2H3. The summed E-state index contributed by atoms with van der Waals surface area (Å²) in [4.78, 5) is 4.26. The smallest absolute Gasteiger partial charge is 0.0417 e. The van der Waals surface area contributed by atoms with Gasteiger partial charge in [0.25, 0.3) is 0 Å². The molecule has 84 valence electrons. The fourth-order valence-corrected chi connectivity index (χ4v) is 1.44. The number of aryl methyl sites for hydroxylation is 1. The third-order valence-electron chi connectivity index (χ3n) is 2.39. The largest absolute Gasteiger partial charge is 0.317 e. The maximum absolute atomic E-state index is 4.26. The van der Waals surface area contributed by atoms with Crippen LogP contribution in [0.25, 0.3) is 0 Å². The Morgan fingerprint density at radius 1 is 1.27 bits per heavy atom. The molecule has 0 fully saturated rings. The average molecular weight is 207 g/mol. The molecule has 0 atom stereocenters. The van der Waals surface area contributed by atoms with E-state index in [4.69, 9.17) is 0 Å². The fraction of sp³-hybridized carbons (Fsp3) is 0.583. The molecule has 2 N–H and O–H groups in total. The highest BCUT2D eigenvalue weighted by Crippen LogP contribution is 2.02. The number of nitrogens with one attached hydrogen (secondary N) is 2. The van der Waals surface area contributed by atoms with Gasteiger partial charge in [-0.3, -0.25) is 4.98 Å². The Hall–Kier alpha value is -0.930. The minimum atomic E-state index is 0.922. The van der Waals surface area contributed by atoms with Crippen molar-refractivity contribution in [2.75, 3.05) is 19.6 Å². The van der Waals surface area contributed by atoms with Crippen molar-refractivity contribution >= 4 is 0 Å². The maximum atomic E-state index is 4.26. The summed E-state index contributed by atoms with van der Waals surface area (Å²) in [6, 6.07) is 4.11. The van der Waals surface area contributed by atoms with Crippen LogP contribution >= 0.6 is 0 Å². The quantitative estimate of drug-likeness (QED) is 0.665. The SMILES string of the molecule is CCNCCCNCc1cccnc1C. The molecule has 1 heterocycles. The molecule has 3 nitrogen and oxygen atoms in total. The molecule has 1 aromatic heterocycles. The van der Waals surface area contributed by atoms with Gasteiger partial charge in [0.05, 0.1) is 0 Å². The zero-order valence-corrected chi connectivity index (χ0v) is 9.71. The van der Waals surface area contributed by atoms with Gasteiger partial charge in [-0.25, -0.2) is 0 Å². The molecule has 15 heavy (non-hydrogen) atoms. The minimum Gasteiger partial charge on any atom is -0.317 e. The van der Waals surface area contributed by atoms with Crippen LogP contribution in [0.5, 0.6) is 0 Å². The van der Waals surface area contributed by atoms with E-state index in [0.717, 1.165) is 31.9 Å². The first-order valence-corrected chi connectivity index (χ1v) is 5.66. The molecular weight excluding hydrogens is 186 g/mol. The third-order valence-corrected chi connectivity index (χ3v) is 2.39. The van der Waals surface area contributed by atoms with Gasteiger partial charge < -0.3 is 10.6 Å². The van der Waals surface area contributed by atoms with E-state index in [2.05, 4.69) is 35.5 Å². The predicted octanol–water partition coefficient (Wildman–Crippen LogP) is 1.48. The highest BCUT2D eigenvalue weighted by Gasteiger charge is 1.96. The molecule has 0 aliphatic carbocycles. The van der Waals surface area contributed by atoms with Gasteiger partial charge in [-0.1, -0.05) is 13.0 Å². The molecule has 3 heteroatoms. The van der Waals surface area contributed by atoms with E-state index in [-0.39, 0.29) is 0 Å². The number of aromatic nitrogens is 1. The minimum absolute atomic E-state index is 0.922. The monoisotopic (exact) mass is 207 g/mol. The molecule has 0 amide bonds. The lowest BCUT2D eigenvalue weighted by molar-refractivity contribution is 0.604. The van der Waals surface area contributed by atoms with Crippen LogP contribution in [-0.4, -0.2) is 24.6 Å². The molecule has 0 aliphatic rings. The van der Waals surface area contributed by atoms with Crippen LogP contribution < -0.4 is 10.6 Å². The average Bonchev–Trinajstić information content (AvgIpc) is 2.25. The van der Waals surface area contributed by atoms with Gasteiger partial charge in [0.2, 0.25) is 0 Å². The molecule has 0 unspecified atom stereocenters. The molecule has 0 saturated carbocycles. The van der Waals surface area contributed by atoms with Gasteiger partial charge in [-0.2, -0.15) is 0 Å². The third kappa shape index (κ3) is 4.91. The van der Waals surface area contributed by atoms with Crippen molar-refractivity contribution < 1.29 is 0 Å². The molecule has 0 spiro atoms. The number of hydrogen-bond donors (Lipinski definition) is 2. The van der Waals surface area contributed by atoms with Gasteiger partial charge in [-0.15, -0.1) is 0 Å². The summed E-state index contributed by atoms with van der Waals surface area (Å²) in [6.45, 7) is 8.31. The topological polar surface area (TPSA) is 37.0 Å². The first-order valence-electron chi connectivity index (χ1n) is 5.66. The second kappa shape index (κ2) is 7.37. The molecular formula is C12H21N3. The highest BCUT2D eigenvalue weighted by atomic mass is 14.9. The summed E-state index contributed by atoms with van der Waals surface area (Å²) in [5.74, 6) is 0. The molecule has 0 aliphatic heterocycles. The van der Waals surface area contributed by atoms with Gasteiger partial charge in [0, 0.05) is 18.4 Å². The zero-order valence-electron chi connectivity index (χ0n) is 9.71. The van der Waals surface area contributed by atoms with Crippen LogP contribution in [0.15, 0.2) is 18.3 Å². The van der Waals surface area contributed by atoms with Crippen LogP contribution in [0, 0.1) is 6.92 Å². The number of rotatable bonds is 7. The van der Waals surface area contributed by atoms with E-state index in [0.29, 0.717) is 0 Å². The van der Waals surface area contributed by atoms with Crippen molar-refractivity contribution in [3.05, 3.63) is 29.6 Å². The summed E-state index contributed by atoms with van der Waals surface area (Å²) in [7, 11) is 0. The number of hydrogen-bond acceptors (Lipinski definition) is 3. The Bertz CT molecular complexity index is 273. The Balaban J connectivity index is 2.12. The predicted molar refractivity (Wildman–Crippen MR) is 63.8 cm³/mol. The van der Waals surface area contributed by atoms with Crippen molar-refractivity contribution in [1.29, 1.82) is 0 Å².